The lowest BCUT2D eigenvalue weighted by atomic mass is 10.1. The number of hydrogen-bond acceptors (Lipinski definition) is 4. The van der Waals surface area contributed by atoms with Crippen LogP contribution < -0.4 is 4.74 Å². The first kappa shape index (κ1) is 11.2. The van der Waals surface area contributed by atoms with E-state index in [9.17, 15) is 9.59 Å². The van der Waals surface area contributed by atoms with E-state index in [0.717, 1.165) is 0 Å². The van der Waals surface area contributed by atoms with E-state index < -0.39 is 18.0 Å². The molecule has 0 amide bonds. The molecule has 0 heterocycles. The summed E-state index contributed by atoms with van der Waals surface area (Å²) in [5, 5.41) is 17.7. The maximum absolute atomic E-state index is 10.6. The van der Waals surface area contributed by atoms with Crippen molar-refractivity contribution < 1.29 is 24.5 Å². The molecule has 0 aliphatic carbocycles. The first-order chi connectivity index (χ1) is 7.00. The standard InChI is InChI=1S/C10H10O5/c1-6(11)15-8-4-2-7(3-5-8)9(12)10(13)14/h2-5,9,12H,1H3,(H,13,14)/t9-/m1/s1. The van der Waals surface area contributed by atoms with Crippen LogP contribution in [0.5, 0.6) is 5.75 Å². The van der Waals surface area contributed by atoms with Gasteiger partial charge in [0.05, 0.1) is 0 Å². The molecule has 0 aliphatic heterocycles. The number of hydrogen-bond donors (Lipinski definition) is 2. The number of aliphatic hydroxyl groups excluding tert-OH is 1. The van der Waals surface area contributed by atoms with Gasteiger partial charge < -0.3 is 14.9 Å². The third-order valence-corrected chi connectivity index (χ3v) is 1.69. The Morgan fingerprint density at radius 2 is 1.80 bits per heavy atom. The van der Waals surface area contributed by atoms with Crippen LogP contribution in [0, 0.1) is 0 Å². The smallest absolute Gasteiger partial charge is 0.337 e. The van der Waals surface area contributed by atoms with Gasteiger partial charge >= 0.3 is 11.9 Å². The summed E-state index contributed by atoms with van der Waals surface area (Å²) in [6.07, 6.45) is -1.56. The van der Waals surface area contributed by atoms with Gasteiger partial charge in [-0.15, -0.1) is 0 Å². The van der Waals surface area contributed by atoms with Gasteiger partial charge in [-0.2, -0.15) is 0 Å². The van der Waals surface area contributed by atoms with E-state index in [2.05, 4.69) is 0 Å². The van der Waals surface area contributed by atoms with E-state index >= 15 is 0 Å². The average molecular weight is 210 g/mol. The van der Waals surface area contributed by atoms with E-state index in [1.54, 1.807) is 0 Å². The largest absolute Gasteiger partial charge is 0.479 e. The highest BCUT2D eigenvalue weighted by Gasteiger charge is 2.15. The van der Waals surface area contributed by atoms with Gasteiger partial charge in [-0.05, 0) is 17.7 Å². The number of benzene rings is 1. The van der Waals surface area contributed by atoms with E-state index in [0.29, 0.717) is 5.75 Å². The van der Waals surface area contributed by atoms with Crippen molar-refractivity contribution in [3.05, 3.63) is 29.8 Å². The highest BCUT2D eigenvalue weighted by atomic mass is 16.5. The maximum Gasteiger partial charge on any atom is 0.337 e. The van der Waals surface area contributed by atoms with Crippen LogP contribution in [-0.4, -0.2) is 22.2 Å². The Morgan fingerprint density at radius 3 is 2.20 bits per heavy atom. The molecule has 80 valence electrons. The van der Waals surface area contributed by atoms with E-state index in [1.165, 1.54) is 31.2 Å². The lowest BCUT2D eigenvalue weighted by molar-refractivity contribution is -0.147. The van der Waals surface area contributed by atoms with Crippen LogP contribution in [-0.2, 0) is 9.59 Å². The second-order valence-corrected chi connectivity index (χ2v) is 2.90. The zero-order valence-corrected chi connectivity index (χ0v) is 8.01. The summed E-state index contributed by atoms with van der Waals surface area (Å²) < 4.78 is 4.74. The molecule has 0 saturated carbocycles. The lowest BCUT2D eigenvalue weighted by Crippen LogP contribution is -2.10. The first-order valence-electron chi connectivity index (χ1n) is 4.20. The Labute approximate surface area is 85.9 Å². The second-order valence-electron chi connectivity index (χ2n) is 2.90. The molecular formula is C10H10O5. The van der Waals surface area contributed by atoms with Crippen molar-refractivity contribution in [3.63, 3.8) is 0 Å². The monoisotopic (exact) mass is 210 g/mol. The summed E-state index contributed by atoms with van der Waals surface area (Å²) in [4.78, 5) is 21.0. The minimum atomic E-state index is -1.56. The zero-order valence-electron chi connectivity index (χ0n) is 8.01. The molecule has 0 fully saturated rings. The third kappa shape index (κ3) is 3.07. The predicted octanol–water partition coefficient (Wildman–Crippen LogP) is 0.730. The quantitative estimate of drug-likeness (QED) is 0.567. The number of aliphatic carboxylic acids is 1. The fourth-order valence-electron chi connectivity index (χ4n) is 1.03. The summed E-state index contributed by atoms with van der Waals surface area (Å²) >= 11 is 0. The number of ether oxygens (including phenoxy) is 1. The molecule has 0 bridgehead atoms. The van der Waals surface area contributed by atoms with Crippen molar-refractivity contribution >= 4 is 11.9 Å². The van der Waals surface area contributed by atoms with Gasteiger partial charge in [0.15, 0.2) is 6.10 Å². The van der Waals surface area contributed by atoms with Gasteiger partial charge in [0.1, 0.15) is 5.75 Å². The number of carboxylic acids is 1. The average Bonchev–Trinajstić information content (AvgIpc) is 2.17. The molecule has 5 nitrogen and oxygen atoms in total. The van der Waals surface area contributed by atoms with Crippen LogP contribution in [0.15, 0.2) is 24.3 Å². The lowest BCUT2D eigenvalue weighted by Gasteiger charge is -2.06. The summed E-state index contributed by atoms with van der Waals surface area (Å²) in [5.41, 5.74) is 0.235. The maximum atomic E-state index is 10.6. The topological polar surface area (TPSA) is 83.8 Å². The fraction of sp³-hybridized carbons (Fsp3) is 0.200. The molecule has 0 radical (unpaired) electrons. The minimum absolute atomic E-state index is 0.235. The molecule has 0 unspecified atom stereocenters. The molecule has 1 atom stereocenters. The van der Waals surface area contributed by atoms with Gasteiger partial charge in [0.25, 0.3) is 0 Å². The number of carbonyl (C=O) groups excluding carboxylic acids is 1. The number of carboxylic acid groups (broad SMARTS) is 1. The minimum Gasteiger partial charge on any atom is -0.479 e. The molecule has 0 aliphatic rings. The number of rotatable bonds is 3. The molecule has 1 aromatic carbocycles. The predicted molar refractivity (Wildman–Crippen MR) is 50.3 cm³/mol. The van der Waals surface area contributed by atoms with Crippen LogP contribution in [0.1, 0.15) is 18.6 Å². The van der Waals surface area contributed by atoms with Crippen molar-refractivity contribution in [2.75, 3.05) is 0 Å². The molecule has 1 rings (SSSR count). The molecule has 0 aromatic heterocycles. The van der Waals surface area contributed by atoms with Crippen LogP contribution in [0.25, 0.3) is 0 Å². The van der Waals surface area contributed by atoms with E-state index in [-0.39, 0.29) is 5.56 Å². The molecule has 15 heavy (non-hydrogen) atoms. The highest BCUT2D eigenvalue weighted by Crippen LogP contribution is 2.17. The molecule has 5 heteroatoms. The van der Waals surface area contributed by atoms with E-state index in [4.69, 9.17) is 14.9 Å². The Bertz CT molecular complexity index is 368. The molecular weight excluding hydrogens is 200 g/mol. The van der Waals surface area contributed by atoms with Gasteiger partial charge in [-0.1, -0.05) is 12.1 Å². The van der Waals surface area contributed by atoms with Crippen LogP contribution in [0.2, 0.25) is 0 Å². The Balaban J connectivity index is 2.80. The number of carbonyl (C=O) groups is 2. The summed E-state index contributed by atoms with van der Waals surface area (Å²) in [5.74, 6) is -1.47. The molecule has 0 spiro atoms. The normalized spacial score (nSPS) is 11.9. The third-order valence-electron chi connectivity index (χ3n) is 1.69. The second kappa shape index (κ2) is 4.56. The van der Waals surface area contributed by atoms with Crippen LogP contribution in [0.3, 0.4) is 0 Å². The molecule has 1 aromatic rings. The SMILES string of the molecule is CC(=O)Oc1ccc([C@@H](O)C(=O)O)cc1. The van der Waals surface area contributed by atoms with Crippen molar-refractivity contribution in [2.45, 2.75) is 13.0 Å². The Morgan fingerprint density at radius 1 is 1.27 bits per heavy atom. The zero-order chi connectivity index (χ0) is 11.4. The summed E-state index contributed by atoms with van der Waals surface area (Å²) in [7, 11) is 0. The van der Waals surface area contributed by atoms with Crippen LogP contribution in [0.4, 0.5) is 0 Å². The number of esters is 1. The van der Waals surface area contributed by atoms with Crippen LogP contribution >= 0.6 is 0 Å². The summed E-state index contributed by atoms with van der Waals surface area (Å²) in [6.45, 7) is 1.26. The molecule has 2 N–H and O–H groups in total. The first-order valence-corrected chi connectivity index (χ1v) is 4.20. The van der Waals surface area contributed by atoms with Crippen molar-refractivity contribution in [1.29, 1.82) is 0 Å². The highest BCUT2D eigenvalue weighted by molar-refractivity contribution is 5.74. The van der Waals surface area contributed by atoms with Crippen molar-refractivity contribution in [3.8, 4) is 5.75 Å². The van der Waals surface area contributed by atoms with E-state index in [1.807, 2.05) is 0 Å². The van der Waals surface area contributed by atoms with Gasteiger partial charge in [-0.3, -0.25) is 4.79 Å². The Kier molecular flexibility index (Phi) is 3.41. The fourth-order valence-corrected chi connectivity index (χ4v) is 1.03. The Hall–Kier alpha value is -1.88. The van der Waals surface area contributed by atoms with Gasteiger partial charge in [0.2, 0.25) is 0 Å². The molecule has 0 saturated heterocycles. The van der Waals surface area contributed by atoms with Gasteiger partial charge in [0, 0.05) is 6.92 Å². The van der Waals surface area contributed by atoms with Crippen molar-refractivity contribution in [2.24, 2.45) is 0 Å². The van der Waals surface area contributed by atoms with Gasteiger partial charge in [-0.25, -0.2) is 4.79 Å². The van der Waals surface area contributed by atoms with Crippen molar-refractivity contribution in [1.82, 2.24) is 0 Å². The summed E-state index contributed by atoms with van der Waals surface area (Å²) in [6, 6.07) is 5.61. The number of aliphatic hydroxyl groups is 1.